The van der Waals surface area contributed by atoms with Crippen molar-refractivity contribution < 1.29 is 18.0 Å². The van der Waals surface area contributed by atoms with Gasteiger partial charge in [-0.1, -0.05) is 45.1 Å². The summed E-state index contributed by atoms with van der Waals surface area (Å²) in [6.45, 7) is 22.3. The number of aryl methyl sites for hydroxylation is 1. The van der Waals surface area contributed by atoms with Gasteiger partial charge in [-0.05, 0) is 77.0 Å². The number of oxazole rings is 1. The molecule has 2 aliphatic rings. The lowest BCUT2D eigenvalue weighted by Gasteiger charge is -2.33. The Bertz CT molecular complexity index is 2430. The van der Waals surface area contributed by atoms with Crippen molar-refractivity contribution in [3.63, 3.8) is 0 Å². The number of amides is 1. The number of likely N-dealkylation sites (N-methyl/N-ethyl adjacent to an activating group) is 1. The number of nitrogens with one attached hydrogen (secondary N) is 3. The van der Waals surface area contributed by atoms with Crippen LogP contribution in [0.15, 0.2) is 57.7 Å². The number of carbonyl (C=O) groups excluding carboxylic acids is 1. The van der Waals surface area contributed by atoms with Crippen molar-refractivity contribution in [1.29, 1.82) is 0 Å². The third kappa shape index (κ3) is 11.4. The van der Waals surface area contributed by atoms with E-state index < -0.39 is 11.6 Å². The van der Waals surface area contributed by atoms with Crippen LogP contribution in [0.25, 0.3) is 22.3 Å². The topological polar surface area (TPSA) is 155 Å². The molecule has 1 aromatic carbocycles. The number of piperazine rings is 1. The normalized spacial score (nSPS) is 15.5. The Morgan fingerprint density at radius 2 is 1.73 bits per heavy atom. The Morgan fingerprint density at radius 1 is 0.968 bits per heavy atom. The van der Waals surface area contributed by atoms with E-state index in [9.17, 15) is 13.6 Å². The van der Waals surface area contributed by atoms with Gasteiger partial charge >= 0.3 is 0 Å². The predicted molar refractivity (Wildman–Crippen MR) is 242 cm³/mol. The fourth-order valence-electron chi connectivity index (χ4n) is 7.45. The van der Waals surface area contributed by atoms with Crippen LogP contribution >= 0.6 is 23.1 Å². The summed E-state index contributed by atoms with van der Waals surface area (Å²) in [4.78, 5) is 43.0. The molecule has 5 aromatic heterocycles. The summed E-state index contributed by atoms with van der Waals surface area (Å²) in [5.74, 6) is 2.70. The van der Waals surface area contributed by atoms with E-state index in [4.69, 9.17) is 4.42 Å². The van der Waals surface area contributed by atoms with Gasteiger partial charge in [0, 0.05) is 61.9 Å². The van der Waals surface area contributed by atoms with Gasteiger partial charge in [-0.15, -0.1) is 11.8 Å². The zero-order valence-electron chi connectivity index (χ0n) is 36.5. The maximum Gasteiger partial charge on any atom is 0.229 e. The molecule has 0 saturated carbocycles. The van der Waals surface area contributed by atoms with Crippen molar-refractivity contribution in [2.45, 2.75) is 89.3 Å². The van der Waals surface area contributed by atoms with Crippen LogP contribution in [-0.2, 0) is 22.5 Å². The van der Waals surface area contributed by atoms with Crippen molar-refractivity contribution >= 4 is 56.9 Å². The number of halogens is 2. The minimum atomic E-state index is -0.636. The molecule has 0 radical (unpaired) electrons. The van der Waals surface area contributed by atoms with Crippen molar-refractivity contribution in [2.75, 3.05) is 56.4 Å². The van der Waals surface area contributed by atoms with Crippen LogP contribution in [-0.4, -0.2) is 96.0 Å². The number of pyridine rings is 1. The van der Waals surface area contributed by atoms with Gasteiger partial charge in [0.25, 0.3) is 0 Å². The quantitative estimate of drug-likeness (QED) is 0.101. The Balaban J connectivity index is 0.000000201. The highest BCUT2D eigenvalue weighted by molar-refractivity contribution is 8.00. The fourth-order valence-corrected chi connectivity index (χ4v) is 9.18. The van der Waals surface area contributed by atoms with E-state index in [1.54, 1.807) is 30.2 Å². The van der Waals surface area contributed by atoms with Gasteiger partial charge in [-0.3, -0.25) is 9.69 Å². The molecule has 1 amide bonds. The summed E-state index contributed by atoms with van der Waals surface area (Å²) in [5, 5.41) is 9.91. The summed E-state index contributed by atoms with van der Waals surface area (Å²) in [7, 11) is 0. The molecule has 3 N–H and O–H groups in total. The lowest BCUT2D eigenvalue weighted by Crippen LogP contribution is -2.45. The number of carbonyl (C=O) groups is 1. The number of hydrogen-bond acceptors (Lipinski definition) is 14. The Morgan fingerprint density at radius 3 is 2.40 bits per heavy atom. The molecule has 18 heteroatoms. The highest BCUT2D eigenvalue weighted by Gasteiger charge is 2.23. The number of piperidine rings is 1. The van der Waals surface area contributed by atoms with E-state index in [-0.39, 0.29) is 40.4 Å². The number of anilines is 3. The summed E-state index contributed by atoms with van der Waals surface area (Å²) >= 11 is 3.11. The molecule has 0 atom stereocenters. The monoisotopic (exact) mass is 886 g/mol. The maximum atomic E-state index is 14.9. The van der Waals surface area contributed by atoms with E-state index >= 15 is 0 Å². The highest BCUT2D eigenvalue weighted by Crippen LogP contribution is 2.33. The lowest BCUT2D eigenvalue weighted by atomic mass is 9.94. The molecule has 0 spiro atoms. The second kappa shape index (κ2) is 20.1. The number of aromatic nitrogens is 7. The average molecular weight is 887 g/mol. The SMILES string of the molecule is CC(C)(C)c1cnc(CSc2cnc(NC(=O)C3CCNCC3)s2)o1.CCN1CCN(Cc2ccc(Nc3ncc(F)c(-c4cc(F)c5nc(C)n(C(C)C)c5c4)n3)nc2)CC1. The number of imidazole rings is 1. The zero-order chi connectivity index (χ0) is 44.0. The van der Waals surface area contributed by atoms with Crippen LogP contribution < -0.4 is 16.0 Å². The number of thiazole rings is 1. The first kappa shape index (κ1) is 45.2. The molecular weight excluding hydrogens is 831 g/mol. The molecule has 2 fully saturated rings. The predicted octanol–water partition coefficient (Wildman–Crippen LogP) is 8.60. The van der Waals surface area contributed by atoms with E-state index in [0.29, 0.717) is 39.5 Å². The molecule has 0 unspecified atom stereocenters. The van der Waals surface area contributed by atoms with Crippen LogP contribution in [0.3, 0.4) is 0 Å². The number of hydrogen-bond donors (Lipinski definition) is 3. The van der Waals surface area contributed by atoms with Crippen LogP contribution in [0.1, 0.15) is 83.5 Å². The number of benzene rings is 1. The van der Waals surface area contributed by atoms with Gasteiger partial charge in [0.05, 0.1) is 34.1 Å². The Hall–Kier alpha value is -4.88. The molecule has 330 valence electrons. The molecule has 0 bridgehead atoms. The summed E-state index contributed by atoms with van der Waals surface area (Å²) in [6.07, 6.45) is 8.28. The summed E-state index contributed by atoms with van der Waals surface area (Å²) in [5.41, 5.74) is 2.28. The standard InChI is InChI=1S/C27H32F2N8.C17H24N4O2S2/c1-5-35-8-10-36(11-9-35)16-19-6-7-24(30-14-19)33-27-31-15-22(29)25(34-27)20-12-21(28)26-23(13-20)37(17(2)3)18(4)32-26;1-17(2,3)12-8-19-13(23-12)10-24-14-9-20-16(25-14)21-15(22)11-4-6-18-7-5-11/h6-7,12-15,17H,5,8-11,16H2,1-4H3,(H,30,31,33,34);8-9,11,18H,4-7,10H2,1-3H3,(H,20,21,22). The average Bonchev–Trinajstić information content (AvgIpc) is 4.01. The van der Waals surface area contributed by atoms with E-state index in [1.807, 2.05) is 43.7 Å². The Labute approximate surface area is 369 Å². The van der Waals surface area contributed by atoms with E-state index in [1.165, 1.54) is 17.4 Å². The molecule has 0 aliphatic carbocycles. The second-order valence-electron chi connectivity index (χ2n) is 16.9. The Kier molecular flexibility index (Phi) is 14.6. The van der Waals surface area contributed by atoms with Gasteiger partial charge in [0.15, 0.2) is 16.8 Å². The van der Waals surface area contributed by atoms with E-state index in [2.05, 4.69) is 83.3 Å². The number of rotatable bonds is 12. The number of fused-ring (bicyclic) bond motifs is 1. The summed E-state index contributed by atoms with van der Waals surface area (Å²) < 4.78 is 38.5. The van der Waals surface area contributed by atoms with Crippen molar-refractivity contribution in [3.05, 3.63) is 83.7 Å². The maximum absolute atomic E-state index is 14.9. The smallest absolute Gasteiger partial charge is 0.229 e. The van der Waals surface area contributed by atoms with E-state index in [0.717, 1.165) is 86.9 Å². The molecule has 2 saturated heterocycles. The first-order valence-corrected chi connectivity index (χ1v) is 23.0. The van der Waals surface area contributed by atoms with Gasteiger partial charge in [0.2, 0.25) is 17.7 Å². The lowest BCUT2D eigenvalue weighted by molar-refractivity contribution is -0.120. The molecule has 14 nitrogen and oxygen atoms in total. The molecule has 2 aliphatic heterocycles. The van der Waals surface area contributed by atoms with Gasteiger partial charge < -0.3 is 29.8 Å². The highest BCUT2D eigenvalue weighted by atomic mass is 32.2. The van der Waals surface area contributed by atoms with Crippen molar-refractivity contribution in [2.24, 2.45) is 5.92 Å². The molecular formula is C44H56F2N12O2S2. The molecule has 6 aromatic rings. The number of nitrogens with zero attached hydrogens (tertiary/aromatic N) is 9. The summed E-state index contributed by atoms with van der Waals surface area (Å²) in [6, 6.07) is 6.94. The van der Waals surface area contributed by atoms with Gasteiger partial charge in [-0.25, -0.2) is 38.7 Å². The van der Waals surface area contributed by atoms with Crippen LogP contribution in [0.5, 0.6) is 0 Å². The number of thioether (sulfide) groups is 1. The minimum Gasteiger partial charge on any atom is -0.444 e. The molecule has 62 heavy (non-hydrogen) atoms. The minimum absolute atomic E-state index is 0.00954. The first-order valence-electron chi connectivity index (χ1n) is 21.2. The van der Waals surface area contributed by atoms with Crippen molar-refractivity contribution in [3.8, 4) is 11.3 Å². The molecule has 8 rings (SSSR count). The second-order valence-corrected chi connectivity index (χ2v) is 19.2. The van der Waals surface area contributed by atoms with Crippen LogP contribution in [0.4, 0.5) is 25.7 Å². The van der Waals surface area contributed by atoms with Gasteiger partial charge in [0.1, 0.15) is 28.6 Å². The zero-order valence-corrected chi connectivity index (χ0v) is 38.1. The first-order chi connectivity index (χ1) is 29.7. The third-order valence-electron chi connectivity index (χ3n) is 10.9. The van der Waals surface area contributed by atoms with Gasteiger partial charge in [-0.2, -0.15) is 0 Å². The molecule has 7 heterocycles. The largest absolute Gasteiger partial charge is 0.444 e. The van der Waals surface area contributed by atoms with Crippen molar-refractivity contribution in [1.82, 2.24) is 49.6 Å². The fraction of sp³-hybridized carbons (Fsp3) is 0.477. The van der Waals surface area contributed by atoms with Crippen LogP contribution in [0, 0.1) is 24.5 Å². The van der Waals surface area contributed by atoms with Crippen LogP contribution in [0.2, 0.25) is 0 Å². The third-order valence-corrected chi connectivity index (χ3v) is 13.0.